The number of nitrogens with zero attached hydrogens (tertiary/aromatic N) is 1. The standard InChI is InChI=1S/C23H27F3N2O2/c1-28(2)20-10-9-18(30-23(24,25)26)13-19(20)17-14-22(29-15-17)11-6-12-27-21(22)16-7-4-3-5-8-16/h3-5,7-10,13,17,21,27H,6,11-12,14-15H2,1-2H3/t17-,21+,22-/m1/s1. The quantitative estimate of drug-likeness (QED) is 0.753. The lowest BCUT2D eigenvalue weighted by molar-refractivity contribution is -0.274. The first kappa shape index (κ1) is 21.0. The third-order valence-electron chi connectivity index (χ3n) is 6.10. The van der Waals surface area contributed by atoms with Crippen molar-refractivity contribution in [1.82, 2.24) is 5.32 Å². The molecule has 0 unspecified atom stereocenters. The number of anilines is 1. The fourth-order valence-electron chi connectivity index (χ4n) is 4.87. The Bertz CT molecular complexity index is 872. The van der Waals surface area contributed by atoms with E-state index in [1.165, 1.54) is 17.7 Å². The van der Waals surface area contributed by atoms with Gasteiger partial charge in [0, 0.05) is 25.7 Å². The van der Waals surface area contributed by atoms with Crippen molar-refractivity contribution >= 4 is 5.69 Å². The summed E-state index contributed by atoms with van der Waals surface area (Å²) in [7, 11) is 3.78. The van der Waals surface area contributed by atoms with E-state index in [1.54, 1.807) is 6.07 Å². The Balaban J connectivity index is 1.65. The zero-order valence-electron chi connectivity index (χ0n) is 17.2. The summed E-state index contributed by atoms with van der Waals surface area (Å²) in [5.74, 6) is -0.198. The van der Waals surface area contributed by atoms with Gasteiger partial charge in [0.1, 0.15) is 5.75 Å². The van der Waals surface area contributed by atoms with Gasteiger partial charge in [-0.15, -0.1) is 13.2 Å². The molecule has 2 fully saturated rings. The first-order valence-electron chi connectivity index (χ1n) is 10.3. The summed E-state index contributed by atoms with van der Waals surface area (Å²) in [5, 5.41) is 3.61. The monoisotopic (exact) mass is 420 g/mol. The number of halogens is 3. The molecule has 162 valence electrons. The largest absolute Gasteiger partial charge is 0.573 e. The molecule has 0 aromatic heterocycles. The molecule has 0 amide bonds. The van der Waals surface area contributed by atoms with Gasteiger partial charge in [0.2, 0.25) is 0 Å². The molecule has 1 N–H and O–H groups in total. The Hall–Kier alpha value is -2.25. The van der Waals surface area contributed by atoms with Crippen LogP contribution >= 0.6 is 0 Å². The second-order valence-corrected chi connectivity index (χ2v) is 8.34. The summed E-state index contributed by atoms with van der Waals surface area (Å²) in [6.07, 6.45) is -2.04. The van der Waals surface area contributed by atoms with Crippen LogP contribution in [0, 0.1) is 0 Å². The predicted octanol–water partition coefficient (Wildman–Crippen LogP) is 5.02. The molecule has 0 saturated carbocycles. The molecule has 0 aliphatic carbocycles. The third-order valence-corrected chi connectivity index (χ3v) is 6.10. The highest BCUT2D eigenvalue weighted by Crippen LogP contribution is 2.50. The van der Waals surface area contributed by atoms with Gasteiger partial charge in [0.15, 0.2) is 0 Å². The van der Waals surface area contributed by atoms with E-state index in [-0.39, 0.29) is 23.3 Å². The van der Waals surface area contributed by atoms with Crippen molar-refractivity contribution < 1.29 is 22.6 Å². The Morgan fingerprint density at radius 3 is 2.60 bits per heavy atom. The van der Waals surface area contributed by atoms with Crippen LogP contribution in [0.4, 0.5) is 18.9 Å². The summed E-state index contributed by atoms with van der Waals surface area (Å²) in [6.45, 7) is 1.40. The van der Waals surface area contributed by atoms with E-state index in [0.717, 1.165) is 37.1 Å². The van der Waals surface area contributed by atoms with Gasteiger partial charge in [-0.25, -0.2) is 0 Å². The number of nitrogens with one attached hydrogen (secondary N) is 1. The molecule has 0 bridgehead atoms. The number of benzene rings is 2. The highest BCUT2D eigenvalue weighted by Gasteiger charge is 2.49. The molecule has 30 heavy (non-hydrogen) atoms. The van der Waals surface area contributed by atoms with Crippen molar-refractivity contribution in [2.24, 2.45) is 0 Å². The molecule has 1 spiro atoms. The maximum Gasteiger partial charge on any atom is 0.573 e. The van der Waals surface area contributed by atoms with Crippen LogP contribution in [0.25, 0.3) is 0 Å². The molecule has 2 aliphatic rings. The normalized spacial score (nSPS) is 26.7. The molecule has 2 aromatic carbocycles. The lowest BCUT2D eigenvalue weighted by Gasteiger charge is -2.41. The van der Waals surface area contributed by atoms with E-state index in [2.05, 4.69) is 22.2 Å². The molecule has 2 heterocycles. The second kappa shape index (κ2) is 8.12. The van der Waals surface area contributed by atoms with Crippen LogP contribution in [0.3, 0.4) is 0 Å². The Morgan fingerprint density at radius 2 is 1.90 bits per heavy atom. The van der Waals surface area contributed by atoms with Crippen molar-refractivity contribution in [3.63, 3.8) is 0 Å². The molecular formula is C23H27F3N2O2. The SMILES string of the molecule is CN(C)c1ccc(OC(F)(F)F)cc1[C@H]1CO[C@]2(CCCN[C@H]2c2ccccc2)C1. The van der Waals surface area contributed by atoms with E-state index in [1.807, 2.05) is 37.2 Å². The lowest BCUT2D eigenvalue weighted by Crippen LogP contribution is -2.48. The van der Waals surface area contributed by atoms with Gasteiger partial charge in [-0.3, -0.25) is 0 Å². The molecule has 2 aromatic rings. The Morgan fingerprint density at radius 1 is 1.13 bits per heavy atom. The molecule has 4 rings (SSSR count). The first-order valence-corrected chi connectivity index (χ1v) is 10.3. The summed E-state index contributed by atoms with van der Waals surface area (Å²) in [5.41, 5.74) is 2.53. The molecular weight excluding hydrogens is 393 g/mol. The lowest BCUT2D eigenvalue weighted by atomic mass is 9.76. The number of piperidine rings is 1. The van der Waals surface area contributed by atoms with Gasteiger partial charge in [-0.05, 0) is 55.1 Å². The Kier molecular flexibility index (Phi) is 5.68. The van der Waals surface area contributed by atoms with Crippen molar-refractivity contribution in [3.05, 3.63) is 59.7 Å². The van der Waals surface area contributed by atoms with E-state index in [9.17, 15) is 13.2 Å². The minimum Gasteiger partial charge on any atom is -0.406 e. The van der Waals surface area contributed by atoms with Gasteiger partial charge >= 0.3 is 6.36 Å². The minimum atomic E-state index is -4.71. The van der Waals surface area contributed by atoms with Crippen LogP contribution in [0.1, 0.15) is 42.3 Å². The van der Waals surface area contributed by atoms with E-state index in [4.69, 9.17) is 4.74 Å². The van der Waals surface area contributed by atoms with Crippen molar-refractivity contribution in [3.8, 4) is 5.75 Å². The maximum absolute atomic E-state index is 12.8. The maximum atomic E-state index is 12.8. The minimum absolute atomic E-state index is 0.00899. The molecule has 0 radical (unpaired) electrons. The highest BCUT2D eigenvalue weighted by molar-refractivity contribution is 5.57. The number of hydrogen-bond donors (Lipinski definition) is 1. The number of alkyl halides is 3. The van der Waals surface area contributed by atoms with E-state index >= 15 is 0 Å². The summed E-state index contributed by atoms with van der Waals surface area (Å²) >= 11 is 0. The number of rotatable bonds is 4. The molecule has 7 heteroatoms. The molecule has 3 atom stereocenters. The smallest absolute Gasteiger partial charge is 0.406 e. The fraction of sp³-hybridized carbons (Fsp3) is 0.478. The van der Waals surface area contributed by atoms with Crippen LogP contribution in [0.5, 0.6) is 5.75 Å². The van der Waals surface area contributed by atoms with Crippen molar-refractivity contribution in [2.45, 2.75) is 43.2 Å². The van der Waals surface area contributed by atoms with Gasteiger partial charge in [-0.2, -0.15) is 0 Å². The predicted molar refractivity (Wildman–Crippen MR) is 110 cm³/mol. The van der Waals surface area contributed by atoms with E-state index in [0.29, 0.717) is 6.61 Å². The zero-order chi connectivity index (χ0) is 21.4. The Labute approximate surface area is 175 Å². The molecule has 2 aliphatic heterocycles. The van der Waals surface area contributed by atoms with Gasteiger partial charge in [0.05, 0.1) is 18.2 Å². The number of hydrogen-bond acceptors (Lipinski definition) is 4. The average Bonchev–Trinajstić information content (AvgIpc) is 3.11. The first-order chi connectivity index (χ1) is 14.3. The van der Waals surface area contributed by atoms with Crippen molar-refractivity contribution in [1.29, 1.82) is 0 Å². The molecule has 4 nitrogen and oxygen atoms in total. The zero-order valence-corrected chi connectivity index (χ0v) is 17.2. The van der Waals surface area contributed by atoms with E-state index < -0.39 is 6.36 Å². The summed E-state index contributed by atoms with van der Waals surface area (Å²) in [4.78, 5) is 1.92. The van der Waals surface area contributed by atoms with Gasteiger partial charge < -0.3 is 19.7 Å². The highest BCUT2D eigenvalue weighted by atomic mass is 19.4. The second-order valence-electron chi connectivity index (χ2n) is 8.34. The summed E-state index contributed by atoms with van der Waals surface area (Å²) in [6, 6.07) is 14.9. The van der Waals surface area contributed by atoms with Gasteiger partial charge in [0.25, 0.3) is 0 Å². The van der Waals surface area contributed by atoms with Crippen LogP contribution in [-0.4, -0.2) is 39.2 Å². The fourth-order valence-corrected chi connectivity index (χ4v) is 4.87. The van der Waals surface area contributed by atoms with Gasteiger partial charge in [-0.1, -0.05) is 30.3 Å². The average molecular weight is 420 g/mol. The van der Waals surface area contributed by atoms with Crippen LogP contribution < -0.4 is 15.0 Å². The van der Waals surface area contributed by atoms with Crippen molar-refractivity contribution in [2.75, 3.05) is 32.1 Å². The topological polar surface area (TPSA) is 33.7 Å². The summed E-state index contributed by atoms with van der Waals surface area (Å²) < 4.78 is 48.9. The number of ether oxygens (including phenoxy) is 2. The van der Waals surface area contributed by atoms with Crippen LogP contribution in [0.15, 0.2) is 48.5 Å². The van der Waals surface area contributed by atoms with Crippen LogP contribution in [0.2, 0.25) is 0 Å². The van der Waals surface area contributed by atoms with Crippen LogP contribution in [-0.2, 0) is 4.74 Å². The third kappa shape index (κ3) is 4.27. The molecule has 2 saturated heterocycles.